The Bertz CT molecular complexity index is 904. The normalized spacial score (nSPS) is 24.9. The summed E-state index contributed by atoms with van der Waals surface area (Å²) in [5.74, 6) is 0.743. The number of hydrogen-bond acceptors (Lipinski definition) is 4. The molecule has 0 spiro atoms. The van der Waals surface area contributed by atoms with Gasteiger partial charge in [-0.3, -0.25) is 0 Å². The fourth-order valence-corrected chi connectivity index (χ4v) is 7.24. The van der Waals surface area contributed by atoms with Crippen LogP contribution in [-0.4, -0.2) is 23.8 Å². The second-order valence-corrected chi connectivity index (χ2v) is 12.8. The van der Waals surface area contributed by atoms with Gasteiger partial charge in [-0.1, -0.05) is 71.9 Å². The number of rotatable bonds is 3. The van der Waals surface area contributed by atoms with E-state index in [1.165, 1.54) is 5.56 Å². The number of benzene rings is 2. The van der Waals surface area contributed by atoms with Gasteiger partial charge in [0.25, 0.3) is 0 Å². The Morgan fingerprint density at radius 1 is 0.967 bits per heavy atom. The predicted octanol–water partition coefficient (Wildman–Crippen LogP) is 5.68. The Kier molecular flexibility index (Phi) is 5.41. The van der Waals surface area contributed by atoms with Gasteiger partial charge in [-0.2, -0.15) is 0 Å². The van der Waals surface area contributed by atoms with Gasteiger partial charge >= 0.3 is 8.02 Å². The van der Waals surface area contributed by atoms with Crippen molar-refractivity contribution in [3.63, 3.8) is 0 Å². The van der Waals surface area contributed by atoms with Crippen molar-refractivity contribution < 1.29 is 9.42 Å². The number of anilines is 1. The van der Waals surface area contributed by atoms with Crippen molar-refractivity contribution in [3.05, 3.63) is 59.7 Å². The standard InChI is InChI=1S/C25H35N2O2P/c1-24(2,3)19-14-15-23(22(17-19)25(4,5)6)29-30(28)26-16-10-13-21(26)18-27(30)20-11-8-7-9-12-20/h7-9,11-12,14-15,17,21H,10,13,16,18H2,1-6H3/t21-,30?/m0/s1. The summed E-state index contributed by atoms with van der Waals surface area (Å²) in [6.45, 7) is 14.8. The zero-order valence-corrected chi connectivity index (χ0v) is 20.1. The largest absolute Gasteiger partial charge is 0.614 e. The van der Waals surface area contributed by atoms with E-state index >= 15 is 0 Å². The van der Waals surface area contributed by atoms with Gasteiger partial charge in [-0.15, -0.1) is 4.67 Å². The van der Waals surface area contributed by atoms with Crippen molar-refractivity contribution in [1.29, 1.82) is 0 Å². The van der Waals surface area contributed by atoms with Crippen molar-refractivity contribution in [3.8, 4) is 5.75 Å². The van der Waals surface area contributed by atoms with Crippen LogP contribution in [-0.2, 0) is 10.8 Å². The first kappa shape index (κ1) is 21.6. The second-order valence-electron chi connectivity index (χ2n) is 10.7. The van der Waals surface area contributed by atoms with Crippen LogP contribution in [0.3, 0.4) is 0 Å². The topological polar surface area (TPSA) is 38.8 Å². The zero-order chi connectivity index (χ0) is 21.7. The minimum absolute atomic E-state index is 0.0479. The fourth-order valence-electron chi connectivity index (χ4n) is 4.52. The van der Waals surface area contributed by atoms with Crippen LogP contribution in [0.25, 0.3) is 0 Å². The maximum absolute atomic E-state index is 14.5. The molecule has 2 aliphatic rings. The summed E-state index contributed by atoms with van der Waals surface area (Å²) in [7, 11) is -3.21. The first-order valence-corrected chi connectivity index (χ1v) is 12.6. The Morgan fingerprint density at radius 2 is 1.67 bits per heavy atom. The van der Waals surface area contributed by atoms with E-state index in [-0.39, 0.29) is 10.8 Å². The second kappa shape index (κ2) is 7.51. The minimum Gasteiger partial charge on any atom is -0.614 e. The lowest BCUT2D eigenvalue weighted by atomic mass is 9.80. The molecule has 0 saturated carbocycles. The van der Waals surface area contributed by atoms with Gasteiger partial charge < -0.3 is 9.42 Å². The van der Waals surface area contributed by atoms with Crippen LogP contribution in [0, 0.1) is 0 Å². The fraction of sp³-hybridized carbons (Fsp3) is 0.520. The lowest BCUT2D eigenvalue weighted by molar-refractivity contribution is -0.197. The lowest BCUT2D eigenvalue weighted by Gasteiger charge is -2.38. The molecule has 0 N–H and O–H groups in total. The molecule has 4 nitrogen and oxygen atoms in total. The van der Waals surface area contributed by atoms with Crippen molar-refractivity contribution >= 4 is 13.7 Å². The Hall–Kier alpha value is -1.61. The minimum atomic E-state index is -3.21. The lowest BCUT2D eigenvalue weighted by Crippen LogP contribution is -2.37. The van der Waals surface area contributed by atoms with Crippen LogP contribution in [0.15, 0.2) is 48.5 Å². The van der Waals surface area contributed by atoms with Crippen molar-refractivity contribution in [2.24, 2.45) is 0 Å². The highest BCUT2D eigenvalue weighted by molar-refractivity contribution is 7.64. The van der Waals surface area contributed by atoms with Gasteiger partial charge in [0.05, 0.1) is 18.3 Å². The highest BCUT2D eigenvalue weighted by Crippen LogP contribution is 2.66. The Balaban J connectivity index is 1.77. The van der Waals surface area contributed by atoms with E-state index in [9.17, 15) is 4.89 Å². The van der Waals surface area contributed by atoms with E-state index in [1.54, 1.807) is 0 Å². The Labute approximate surface area is 182 Å². The highest BCUT2D eigenvalue weighted by Gasteiger charge is 2.58. The summed E-state index contributed by atoms with van der Waals surface area (Å²) in [4.78, 5) is 14.5. The highest BCUT2D eigenvalue weighted by atomic mass is 31.2. The molecule has 5 heteroatoms. The smallest absolute Gasteiger partial charge is 0.326 e. The molecule has 0 bridgehead atoms. The van der Waals surface area contributed by atoms with Gasteiger partial charge in [0.2, 0.25) is 0 Å². The van der Waals surface area contributed by atoms with Gasteiger partial charge in [-0.25, -0.2) is 4.67 Å². The Morgan fingerprint density at radius 3 is 2.30 bits per heavy atom. The predicted molar refractivity (Wildman–Crippen MR) is 125 cm³/mol. The molecule has 0 aliphatic carbocycles. The number of fused-ring (bicyclic) bond motifs is 1. The molecule has 2 saturated heterocycles. The maximum atomic E-state index is 14.5. The molecular weight excluding hydrogens is 391 g/mol. The third-order valence-electron chi connectivity index (χ3n) is 6.28. The monoisotopic (exact) mass is 426 g/mol. The molecule has 2 heterocycles. The van der Waals surface area contributed by atoms with Crippen LogP contribution in [0.1, 0.15) is 65.5 Å². The van der Waals surface area contributed by atoms with Gasteiger partial charge in [-0.05, 0) is 47.4 Å². The molecule has 2 atom stereocenters. The van der Waals surface area contributed by atoms with E-state index in [4.69, 9.17) is 4.52 Å². The van der Waals surface area contributed by atoms with Gasteiger partial charge in [0, 0.05) is 12.1 Å². The molecule has 1 unspecified atom stereocenters. The maximum Gasteiger partial charge on any atom is 0.326 e. The average Bonchev–Trinajstić information content (AvgIpc) is 3.23. The van der Waals surface area contributed by atoms with Crippen LogP contribution in [0.5, 0.6) is 5.75 Å². The molecule has 4 rings (SSSR count). The molecular formula is C25H35N2O2P. The summed E-state index contributed by atoms with van der Waals surface area (Å²) in [6.07, 6.45) is 2.15. The molecule has 2 aromatic rings. The summed E-state index contributed by atoms with van der Waals surface area (Å²) in [5, 5.41) is 0. The third-order valence-corrected chi connectivity index (χ3v) is 8.90. The molecule has 162 valence electrons. The molecule has 0 aromatic heterocycles. The number of hydrogen-bond donors (Lipinski definition) is 0. The first-order valence-electron chi connectivity index (χ1n) is 11.0. The molecule has 30 heavy (non-hydrogen) atoms. The molecule has 2 fully saturated rings. The first-order chi connectivity index (χ1) is 14.0. The molecule has 0 radical (unpaired) electrons. The summed E-state index contributed by atoms with van der Waals surface area (Å²) < 4.78 is 10.7. The van der Waals surface area contributed by atoms with Crippen molar-refractivity contribution in [1.82, 2.24) is 4.67 Å². The van der Waals surface area contributed by atoms with E-state index in [2.05, 4.69) is 58.3 Å². The van der Waals surface area contributed by atoms with Crippen LogP contribution >= 0.6 is 8.02 Å². The van der Waals surface area contributed by atoms with Crippen LogP contribution in [0.2, 0.25) is 0 Å². The molecule has 0 amide bonds. The van der Waals surface area contributed by atoms with Gasteiger partial charge in [0.15, 0.2) is 5.75 Å². The summed E-state index contributed by atoms with van der Waals surface area (Å²) in [5.41, 5.74) is 3.28. The SMILES string of the molecule is CC(C)(C)c1ccc(O[P+]2([O-])N(c3ccccc3)C[C@@H]3CCCN32)c(C(C)(C)C)c1. The van der Waals surface area contributed by atoms with Gasteiger partial charge in [0.1, 0.15) is 0 Å². The van der Waals surface area contributed by atoms with Crippen LogP contribution in [0.4, 0.5) is 5.69 Å². The average molecular weight is 427 g/mol. The summed E-state index contributed by atoms with van der Waals surface area (Å²) >= 11 is 0. The molecule has 2 aliphatic heterocycles. The van der Waals surface area contributed by atoms with E-state index < -0.39 is 8.02 Å². The number of nitrogens with zero attached hydrogens (tertiary/aromatic N) is 2. The quantitative estimate of drug-likeness (QED) is 0.592. The third kappa shape index (κ3) is 3.86. The van der Waals surface area contributed by atoms with Crippen molar-refractivity contribution in [2.75, 3.05) is 17.8 Å². The van der Waals surface area contributed by atoms with E-state index in [0.717, 1.165) is 42.9 Å². The van der Waals surface area contributed by atoms with Crippen LogP contribution < -0.4 is 14.1 Å². The van der Waals surface area contributed by atoms with E-state index in [0.29, 0.717) is 6.04 Å². The molecule has 2 aromatic carbocycles. The summed E-state index contributed by atoms with van der Waals surface area (Å²) in [6, 6.07) is 16.8. The number of para-hydroxylation sites is 1. The van der Waals surface area contributed by atoms with E-state index in [1.807, 2.05) is 41.1 Å². The zero-order valence-electron chi connectivity index (χ0n) is 19.2. The van der Waals surface area contributed by atoms with Crippen molar-refractivity contribution in [2.45, 2.75) is 71.3 Å².